The van der Waals surface area contributed by atoms with Gasteiger partial charge in [0.05, 0.1) is 0 Å². The molecule has 1 aliphatic rings. The number of piperidine rings is 1. The molecule has 1 amide bonds. The Hall–Kier alpha value is -1.70. The summed E-state index contributed by atoms with van der Waals surface area (Å²) in [4.78, 5) is 23.8. The van der Waals surface area contributed by atoms with E-state index < -0.39 is 11.6 Å². The van der Waals surface area contributed by atoms with Gasteiger partial charge in [-0.05, 0) is 33.6 Å². The smallest absolute Gasteiger partial charge is 0.410 e. The third-order valence-electron chi connectivity index (χ3n) is 2.46. The second-order valence-corrected chi connectivity index (χ2v) is 5.34. The lowest BCUT2D eigenvalue weighted by molar-refractivity contribution is -0.130. The van der Waals surface area contributed by atoms with Crippen LogP contribution in [0.2, 0.25) is 0 Å². The number of carbonyl (C=O) groups is 2. The Balaban J connectivity index is 2.57. The summed E-state index contributed by atoms with van der Waals surface area (Å²) in [5.41, 5.74) is -0.517. The van der Waals surface area contributed by atoms with Gasteiger partial charge in [-0.3, -0.25) is 0 Å². The predicted molar refractivity (Wildman–Crippen MR) is 65.9 cm³/mol. The van der Waals surface area contributed by atoms with Gasteiger partial charge in [-0.1, -0.05) is 5.92 Å². The van der Waals surface area contributed by atoms with E-state index in [2.05, 4.69) is 11.8 Å². The molecule has 0 saturated carbocycles. The lowest BCUT2D eigenvalue weighted by atomic mass is 9.99. The zero-order valence-electron chi connectivity index (χ0n) is 11.0. The van der Waals surface area contributed by atoms with Gasteiger partial charge in [-0.15, -0.1) is 0 Å². The SMILES string of the molecule is CC(C)(C)OC(=O)N1CCC[C@H](C#CC(=O)O)C1. The number of likely N-dealkylation sites (tertiary alicyclic amines) is 1. The average Bonchev–Trinajstić information content (AvgIpc) is 2.24. The topological polar surface area (TPSA) is 66.8 Å². The lowest BCUT2D eigenvalue weighted by Crippen LogP contribution is -2.42. The van der Waals surface area contributed by atoms with Gasteiger partial charge in [0.1, 0.15) is 5.60 Å². The van der Waals surface area contributed by atoms with Crippen molar-refractivity contribution in [1.29, 1.82) is 0 Å². The third kappa shape index (κ3) is 5.09. The van der Waals surface area contributed by atoms with Gasteiger partial charge >= 0.3 is 12.1 Å². The molecule has 0 aliphatic carbocycles. The maximum atomic E-state index is 11.8. The summed E-state index contributed by atoms with van der Waals surface area (Å²) < 4.78 is 5.27. The number of aliphatic carboxylic acids is 1. The van der Waals surface area contributed by atoms with Crippen LogP contribution in [-0.2, 0) is 9.53 Å². The number of hydrogen-bond acceptors (Lipinski definition) is 3. The van der Waals surface area contributed by atoms with Crippen LogP contribution in [0.15, 0.2) is 0 Å². The first kappa shape index (κ1) is 14.4. The quantitative estimate of drug-likeness (QED) is 0.667. The maximum Gasteiger partial charge on any atom is 0.410 e. The first-order valence-corrected chi connectivity index (χ1v) is 6.00. The summed E-state index contributed by atoms with van der Waals surface area (Å²) in [7, 11) is 0. The molecule has 0 bridgehead atoms. The van der Waals surface area contributed by atoms with E-state index >= 15 is 0 Å². The molecule has 1 aliphatic heterocycles. The summed E-state index contributed by atoms with van der Waals surface area (Å²) in [6.45, 7) is 6.53. The van der Waals surface area contributed by atoms with Gasteiger partial charge in [0.2, 0.25) is 0 Å². The molecular formula is C13H19NO4. The number of carbonyl (C=O) groups excluding carboxylic acids is 1. The second-order valence-electron chi connectivity index (χ2n) is 5.34. The molecular weight excluding hydrogens is 234 g/mol. The number of hydrogen-bond donors (Lipinski definition) is 1. The largest absolute Gasteiger partial charge is 0.472 e. The minimum Gasteiger partial charge on any atom is -0.472 e. The van der Waals surface area contributed by atoms with Crippen LogP contribution in [0.4, 0.5) is 4.79 Å². The number of nitrogens with zero attached hydrogens (tertiary/aromatic N) is 1. The molecule has 1 heterocycles. The molecule has 5 nitrogen and oxygen atoms in total. The zero-order chi connectivity index (χ0) is 13.8. The first-order valence-electron chi connectivity index (χ1n) is 6.00. The summed E-state index contributed by atoms with van der Waals surface area (Å²) >= 11 is 0. The molecule has 0 aromatic heterocycles. The Morgan fingerprint density at radius 1 is 1.39 bits per heavy atom. The molecule has 5 heteroatoms. The van der Waals surface area contributed by atoms with Gasteiger partial charge in [0.25, 0.3) is 0 Å². The lowest BCUT2D eigenvalue weighted by Gasteiger charge is -2.32. The standard InChI is InChI=1S/C13H19NO4/c1-13(2,3)18-12(17)14-8-4-5-10(9-14)6-7-11(15)16/h10H,4-5,8-9H2,1-3H3,(H,15,16)/t10-/m1/s1. The van der Waals surface area contributed by atoms with Gasteiger partial charge in [-0.25, -0.2) is 9.59 Å². The maximum absolute atomic E-state index is 11.8. The number of amides is 1. The van der Waals surface area contributed by atoms with Crippen molar-refractivity contribution in [3.05, 3.63) is 0 Å². The van der Waals surface area contributed by atoms with Crippen LogP contribution in [0.1, 0.15) is 33.6 Å². The molecule has 1 N–H and O–H groups in total. The third-order valence-corrected chi connectivity index (χ3v) is 2.46. The van der Waals surface area contributed by atoms with Crippen LogP contribution in [0.5, 0.6) is 0 Å². The molecule has 0 spiro atoms. The molecule has 100 valence electrons. The van der Waals surface area contributed by atoms with Crippen molar-refractivity contribution >= 4 is 12.1 Å². The second kappa shape index (κ2) is 5.76. The van der Waals surface area contributed by atoms with Crippen molar-refractivity contribution in [2.75, 3.05) is 13.1 Å². The van der Waals surface area contributed by atoms with Crippen molar-refractivity contribution in [2.45, 2.75) is 39.2 Å². The minimum absolute atomic E-state index is 0.0811. The molecule has 18 heavy (non-hydrogen) atoms. The molecule has 1 atom stereocenters. The average molecular weight is 253 g/mol. The van der Waals surface area contributed by atoms with E-state index in [4.69, 9.17) is 9.84 Å². The normalized spacial score (nSPS) is 19.7. The van der Waals surface area contributed by atoms with Crippen molar-refractivity contribution in [3.8, 4) is 11.8 Å². The van der Waals surface area contributed by atoms with Gasteiger partial charge in [0.15, 0.2) is 0 Å². The van der Waals surface area contributed by atoms with Gasteiger partial charge in [0, 0.05) is 24.9 Å². The van der Waals surface area contributed by atoms with Gasteiger partial charge in [-0.2, -0.15) is 0 Å². The number of carboxylic acids is 1. The Morgan fingerprint density at radius 2 is 2.06 bits per heavy atom. The van der Waals surface area contributed by atoms with Crippen LogP contribution >= 0.6 is 0 Å². The van der Waals surface area contributed by atoms with Crippen LogP contribution < -0.4 is 0 Å². The highest BCUT2D eigenvalue weighted by Gasteiger charge is 2.26. The Kier molecular flexibility index (Phi) is 4.60. The Morgan fingerprint density at radius 3 is 2.61 bits per heavy atom. The highest BCUT2D eigenvalue weighted by molar-refractivity contribution is 5.86. The monoisotopic (exact) mass is 253 g/mol. The van der Waals surface area contributed by atoms with E-state index in [9.17, 15) is 9.59 Å². The summed E-state index contributed by atoms with van der Waals surface area (Å²) in [6.07, 6.45) is 1.28. The fraction of sp³-hybridized carbons (Fsp3) is 0.692. The Labute approximate surface area is 107 Å². The van der Waals surface area contributed by atoms with Crippen molar-refractivity contribution in [3.63, 3.8) is 0 Å². The molecule has 0 aromatic rings. The van der Waals surface area contributed by atoms with Crippen molar-refractivity contribution in [1.82, 2.24) is 4.90 Å². The van der Waals surface area contributed by atoms with E-state index in [1.54, 1.807) is 4.90 Å². The fourth-order valence-corrected chi connectivity index (χ4v) is 1.75. The highest BCUT2D eigenvalue weighted by atomic mass is 16.6. The van der Waals surface area contributed by atoms with Crippen molar-refractivity contribution < 1.29 is 19.4 Å². The van der Waals surface area contributed by atoms with Gasteiger partial charge < -0.3 is 14.7 Å². The van der Waals surface area contributed by atoms with Crippen LogP contribution in [0, 0.1) is 17.8 Å². The van der Waals surface area contributed by atoms with E-state index in [-0.39, 0.29) is 12.0 Å². The van der Waals surface area contributed by atoms with Crippen LogP contribution in [0.25, 0.3) is 0 Å². The summed E-state index contributed by atoms with van der Waals surface area (Å²) in [5, 5.41) is 8.49. The highest BCUT2D eigenvalue weighted by Crippen LogP contribution is 2.18. The summed E-state index contributed by atoms with van der Waals surface area (Å²) in [6, 6.07) is 0. The zero-order valence-corrected chi connectivity index (χ0v) is 11.0. The minimum atomic E-state index is -1.13. The molecule has 1 rings (SSSR count). The number of rotatable bonds is 0. The van der Waals surface area contributed by atoms with Crippen molar-refractivity contribution in [2.24, 2.45) is 5.92 Å². The number of carboxylic acid groups (broad SMARTS) is 1. The van der Waals surface area contributed by atoms with E-state index in [1.807, 2.05) is 20.8 Å². The van der Waals surface area contributed by atoms with Crippen LogP contribution in [-0.4, -0.2) is 40.8 Å². The molecule has 1 saturated heterocycles. The predicted octanol–water partition coefficient (Wildman–Crippen LogP) is 1.72. The van der Waals surface area contributed by atoms with E-state index in [0.717, 1.165) is 12.8 Å². The van der Waals surface area contributed by atoms with E-state index in [0.29, 0.717) is 13.1 Å². The Bertz CT molecular complexity index is 386. The molecule has 1 fully saturated rings. The fourth-order valence-electron chi connectivity index (χ4n) is 1.75. The first-order chi connectivity index (χ1) is 8.28. The molecule has 0 aromatic carbocycles. The molecule has 0 unspecified atom stereocenters. The van der Waals surface area contributed by atoms with E-state index in [1.165, 1.54) is 0 Å². The summed E-state index contributed by atoms with van der Waals surface area (Å²) in [5.74, 6) is 3.56. The molecule has 0 radical (unpaired) electrons. The van der Waals surface area contributed by atoms with Crippen LogP contribution in [0.3, 0.4) is 0 Å². The number of ether oxygens (including phenoxy) is 1.